The molecule has 0 N–H and O–H groups in total. The van der Waals surface area contributed by atoms with E-state index in [1.54, 1.807) is 0 Å². The van der Waals surface area contributed by atoms with Gasteiger partial charge in [0.15, 0.2) is 0 Å². The van der Waals surface area contributed by atoms with E-state index in [0.29, 0.717) is 46.2 Å². The summed E-state index contributed by atoms with van der Waals surface area (Å²) in [4.78, 5) is 0. The van der Waals surface area contributed by atoms with Gasteiger partial charge in [0.25, 0.3) is 0 Å². The molecule has 0 aromatic heterocycles. The van der Waals surface area contributed by atoms with E-state index >= 15 is 0 Å². The summed E-state index contributed by atoms with van der Waals surface area (Å²) in [5.41, 5.74) is 0.259. The van der Waals surface area contributed by atoms with Crippen molar-refractivity contribution in [1.29, 1.82) is 0 Å². The number of hydrogen-bond acceptors (Lipinski definition) is 21. The average molecular weight is 1710 g/mol. The smallest absolute Gasteiger partial charge is 0.108 e. The summed E-state index contributed by atoms with van der Waals surface area (Å²) in [6, 6.07) is 0. The van der Waals surface area contributed by atoms with Crippen molar-refractivity contribution in [3.63, 3.8) is 0 Å². The molecule has 21 nitrogen and oxygen atoms in total. The molecule has 0 spiro atoms. The van der Waals surface area contributed by atoms with Crippen LogP contribution in [0.15, 0.2) is 0 Å². The second-order valence-corrected chi connectivity index (χ2v) is 42.9. The maximum absolute atomic E-state index is 6.04. The number of rotatable bonds is 35. The molecule has 7 rings (SSSR count). The third-order valence-electron chi connectivity index (χ3n) is 24.6. The molecular formula is C98H196O21. The van der Waals surface area contributed by atoms with Crippen molar-refractivity contribution in [3.05, 3.63) is 0 Å². The van der Waals surface area contributed by atoms with Gasteiger partial charge in [0, 0.05) is 37.9 Å². The van der Waals surface area contributed by atoms with Crippen LogP contribution in [0.3, 0.4) is 0 Å². The highest BCUT2D eigenvalue weighted by atomic mass is 16.6. The highest BCUT2D eigenvalue weighted by Gasteiger charge is 2.56. The van der Waals surface area contributed by atoms with Crippen LogP contribution in [0.4, 0.5) is 0 Å². The molecule has 7 fully saturated rings. The summed E-state index contributed by atoms with van der Waals surface area (Å²) in [5, 5.41) is 0. The minimum absolute atomic E-state index is 0.0370. The minimum Gasteiger partial charge on any atom is -0.376 e. The van der Waals surface area contributed by atoms with Gasteiger partial charge in [-0.1, -0.05) is 96.9 Å². The zero-order valence-corrected chi connectivity index (χ0v) is 86.2. The van der Waals surface area contributed by atoms with E-state index in [4.69, 9.17) is 99.5 Å². The predicted octanol–water partition coefficient (Wildman–Crippen LogP) is 21.1. The third-order valence-corrected chi connectivity index (χ3v) is 24.6. The molecule has 0 aromatic carbocycles. The molecule has 0 radical (unpaired) electrons. The number of hydrogen-bond donors (Lipinski definition) is 0. The predicted molar refractivity (Wildman–Crippen MR) is 484 cm³/mol. The second kappa shape index (κ2) is 52.1. The lowest BCUT2D eigenvalue weighted by Crippen LogP contribution is -2.40. The second-order valence-electron chi connectivity index (χ2n) is 42.9. The first-order valence-corrected chi connectivity index (χ1v) is 46.7. The maximum Gasteiger partial charge on any atom is 0.108 e. The molecule has 21 heteroatoms. The van der Waals surface area contributed by atoms with Crippen molar-refractivity contribution in [2.75, 3.05) is 46.2 Å². The Hall–Kier alpha value is -0.840. The largest absolute Gasteiger partial charge is 0.376 e. The third kappa shape index (κ3) is 38.0. The Morgan fingerprint density at radius 3 is 0.311 bits per heavy atom. The molecule has 0 aliphatic carbocycles. The van der Waals surface area contributed by atoms with Gasteiger partial charge in [-0.25, -0.2) is 0 Å². The van der Waals surface area contributed by atoms with E-state index in [9.17, 15) is 0 Å². The average Bonchev–Trinajstić information content (AvgIpc) is 1.70. The van der Waals surface area contributed by atoms with Gasteiger partial charge >= 0.3 is 0 Å². The normalized spacial score (nSPS) is 32.6. The van der Waals surface area contributed by atoms with Crippen LogP contribution in [0, 0.1) is 37.9 Å². The fourth-order valence-electron chi connectivity index (χ4n) is 15.3. The van der Waals surface area contributed by atoms with Crippen LogP contribution < -0.4 is 0 Å². The van der Waals surface area contributed by atoms with Crippen LogP contribution in [0.1, 0.15) is 339 Å². The van der Waals surface area contributed by atoms with E-state index in [-0.39, 0.29) is 252 Å². The molecule has 7 aliphatic heterocycles. The summed E-state index contributed by atoms with van der Waals surface area (Å²) < 4.78 is 124. The molecule has 0 unspecified atom stereocenters. The topological polar surface area (TPSA) is 194 Å². The maximum atomic E-state index is 6.04. The first-order valence-electron chi connectivity index (χ1n) is 46.7. The van der Waals surface area contributed by atoms with E-state index in [1.165, 1.54) is 0 Å². The van der Waals surface area contributed by atoms with Crippen LogP contribution >= 0.6 is 0 Å². The Morgan fingerprint density at radius 2 is 0.244 bits per heavy atom. The molecule has 0 amide bonds. The van der Waals surface area contributed by atoms with Crippen LogP contribution in [0.25, 0.3) is 0 Å². The molecule has 714 valence electrons. The van der Waals surface area contributed by atoms with E-state index < -0.39 is 0 Å². The van der Waals surface area contributed by atoms with Gasteiger partial charge in [0.2, 0.25) is 0 Å². The molecule has 0 aromatic rings. The zero-order chi connectivity index (χ0) is 92.5. The Kier molecular flexibility index (Phi) is 50.9. The molecule has 7 saturated heterocycles. The fourth-order valence-corrected chi connectivity index (χ4v) is 15.3. The highest BCUT2D eigenvalue weighted by Crippen LogP contribution is 2.47. The lowest BCUT2D eigenvalue weighted by Gasteiger charge is -2.31. The van der Waals surface area contributed by atoms with Crippen molar-refractivity contribution < 1.29 is 99.5 Å². The first-order chi connectivity index (χ1) is 54.2. The van der Waals surface area contributed by atoms with Crippen LogP contribution in [0.5, 0.6) is 0 Å². The van der Waals surface area contributed by atoms with Crippen molar-refractivity contribution >= 4 is 0 Å². The van der Waals surface area contributed by atoms with Gasteiger partial charge < -0.3 is 99.5 Å². The summed E-state index contributed by atoms with van der Waals surface area (Å²) in [7, 11) is 0. The SMILES string of the molecule is CC(C)OC[C@@H]1O[C@@H](C)C(C)(C)[C@@H]1OC(C)C.CC(C)OC[C@@H]1O[C@@H](C)C(C)(C)[C@H]1OC(C)C.CC(C)OC[C@@H]1O[C@H](C)C(C)(C)[C@@H]1OC(C)C.CC(C)OC[C@@H]1O[C@H](C)C(C)(C)[C@H]1OC(C)C.CC(C)OC[C@H]1O[C@@H](C)C(C)(C)[C@H]1OC(C)C.CC(C)OC[C@H]1O[C@H](C)C(C)(C)[C@@H]1OC(C)C.CC(C)OC[C@H]1O[C@H](C)C(C)(C)[C@H]1OC(C)C. The Bertz CT molecular complexity index is 2140. The van der Waals surface area contributed by atoms with Crippen LogP contribution in [0.2, 0.25) is 0 Å². The molecule has 7 heterocycles. The lowest BCUT2D eigenvalue weighted by molar-refractivity contribution is -0.0934. The molecule has 119 heavy (non-hydrogen) atoms. The van der Waals surface area contributed by atoms with Crippen LogP contribution in [-0.4, -0.2) is 260 Å². The summed E-state index contributed by atoms with van der Waals surface area (Å²) in [6.07, 6.45) is 5.64. The highest BCUT2D eigenvalue weighted by molar-refractivity contribution is 5.03. The summed E-state index contributed by atoms with van der Waals surface area (Å²) in [6.45, 7) is 108. The van der Waals surface area contributed by atoms with Crippen molar-refractivity contribution in [2.24, 2.45) is 37.9 Å². The summed E-state index contributed by atoms with van der Waals surface area (Å²) >= 11 is 0. The molecule has 21 atom stereocenters. The van der Waals surface area contributed by atoms with Crippen molar-refractivity contribution in [3.8, 4) is 0 Å². The van der Waals surface area contributed by atoms with Gasteiger partial charge in [-0.3, -0.25) is 0 Å². The minimum atomic E-state index is 0.0370. The summed E-state index contributed by atoms with van der Waals surface area (Å²) in [5.74, 6) is 0. The molecule has 0 saturated carbocycles. The van der Waals surface area contributed by atoms with Gasteiger partial charge in [0.1, 0.15) is 42.7 Å². The number of ether oxygens (including phenoxy) is 21. The molecular weight excluding hydrogens is 1510 g/mol. The van der Waals surface area contributed by atoms with E-state index in [2.05, 4.69) is 242 Å². The quantitative estimate of drug-likeness (QED) is 0.0581. The molecule has 0 bridgehead atoms. The Morgan fingerprint density at radius 1 is 0.160 bits per heavy atom. The van der Waals surface area contributed by atoms with Crippen molar-refractivity contribution in [1.82, 2.24) is 0 Å². The zero-order valence-electron chi connectivity index (χ0n) is 86.2. The lowest BCUT2D eigenvalue weighted by atomic mass is 9.82. The Labute approximate surface area is 733 Å². The van der Waals surface area contributed by atoms with Crippen molar-refractivity contribution in [2.45, 2.75) is 553 Å². The fraction of sp³-hybridized carbons (Fsp3) is 1.00. The standard InChI is InChI=1S/7C14H28O3/c7*1-9(2)15-8-12-13(16-10(3)4)14(6,7)11(5)17-12/h7*9-13H,8H2,1-7H3/t11-,12+,13+;2*11-,12+,13-;2*11-,12-,13+;2*11-,12-,13-/m1101010/s1. The van der Waals surface area contributed by atoms with Gasteiger partial charge in [-0.05, 0) is 242 Å². The van der Waals surface area contributed by atoms with Gasteiger partial charge in [-0.2, -0.15) is 0 Å². The Balaban J connectivity index is 0.000000694. The van der Waals surface area contributed by atoms with Gasteiger partial charge in [-0.15, -0.1) is 0 Å². The monoisotopic (exact) mass is 1710 g/mol. The van der Waals surface area contributed by atoms with E-state index in [1.807, 2.05) is 96.9 Å². The first kappa shape index (κ1) is 116. The van der Waals surface area contributed by atoms with Gasteiger partial charge in [0.05, 0.1) is 217 Å². The van der Waals surface area contributed by atoms with Crippen LogP contribution in [-0.2, 0) is 99.5 Å². The van der Waals surface area contributed by atoms with E-state index in [0.717, 1.165) is 0 Å². The molecule has 7 aliphatic rings.